The number of aromatic hydroxyl groups is 1. The zero-order chi connectivity index (χ0) is 21.3. The first-order valence-electron chi connectivity index (χ1n) is 8.86. The van der Waals surface area contributed by atoms with Crippen LogP contribution in [0, 0.1) is 0 Å². The monoisotopic (exact) mass is 409 g/mol. The van der Waals surface area contributed by atoms with E-state index < -0.39 is 23.2 Å². The number of benzene rings is 2. The van der Waals surface area contributed by atoms with Gasteiger partial charge in [-0.05, 0) is 30.3 Å². The highest BCUT2D eigenvalue weighted by Gasteiger charge is 2.33. The second-order valence-electron chi connectivity index (χ2n) is 6.38. The number of para-hydroxylation sites is 1. The fraction of sp³-hybridized carbons (Fsp3) is 0.0455. The molecule has 0 saturated carbocycles. The van der Waals surface area contributed by atoms with Crippen molar-refractivity contribution >= 4 is 22.7 Å². The Morgan fingerprint density at radius 2 is 1.60 bits per heavy atom. The zero-order valence-electron chi connectivity index (χ0n) is 15.3. The lowest BCUT2D eigenvalue weighted by molar-refractivity contribution is -0.137. The van der Waals surface area contributed by atoms with Crippen LogP contribution in [-0.2, 0) is 6.18 Å². The summed E-state index contributed by atoms with van der Waals surface area (Å²) in [5.74, 6) is -0.290. The number of hydrogen-bond acceptors (Lipinski definition) is 4. The molecular weight excluding hydrogens is 395 g/mol. The third-order valence-corrected chi connectivity index (χ3v) is 4.52. The molecule has 0 atom stereocenters. The van der Waals surface area contributed by atoms with E-state index in [0.717, 1.165) is 16.8 Å². The molecule has 0 aliphatic carbocycles. The highest BCUT2D eigenvalue weighted by Crippen LogP contribution is 2.36. The number of fused-ring (bicyclic) bond motifs is 1. The summed E-state index contributed by atoms with van der Waals surface area (Å²) < 4.78 is 40.8. The van der Waals surface area contributed by atoms with Crippen LogP contribution in [0.5, 0.6) is 5.88 Å². The van der Waals surface area contributed by atoms with E-state index in [9.17, 15) is 23.1 Å². The quantitative estimate of drug-likeness (QED) is 0.492. The Bertz CT molecular complexity index is 1310. The van der Waals surface area contributed by atoms with Crippen LogP contribution in [0.3, 0.4) is 0 Å². The van der Waals surface area contributed by atoms with Crippen molar-refractivity contribution in [2.75, 3.05) is 0 Å². The molecule has 8 heteroatoms. The number of hydrogen-bond donors (Lipinski definition) is 1. The predicted molar refractivity (Wildman–Crippen MR) is 108 cm³/mol. The summed E-state index contributed by atoms with van der Waals surface area (Å²) in [6.07, 6.45) is -1.99. The Balaban J connectivity index is 1.97. The number of aliphatic imine (C=N–C) groups is 1. The smallest absolute Gasteiger partial charge is 0.418 e. The first-order valence-corrected chi connectivity index (χ1v) is 8.86. The lowest BCUT2D eigenvalue weighted by Crippen LogP contribution is -2.20. The van der Waals surface area contributed by atoms with Gasteiger partial charge in [0.1, 0.15) is 5.82 Å². The summed E-state index contributed by atoms with van der Waals surface area (Å²) in [5.41, 5.74) is -1.60. The first-order chi connectivity index (χ1) is 14.4. The molecule has 5 nitrogen and oxygen atoms in total. The van der Waals surface area contributed by atoms with Gasteiger partial charge < -0.3 is 5.11 Å². The molecule has 0 fully saturated rings. The summed E-state index contributed by atoms with van der Waals surface area (Å²) >= 11 is 0. The molecule has 0 aliphatic heterocycles. The van der Waals surface area contributed by atoms with Crippen molar-refractivity contribution in [3.05, 3.63) is 94.4 Å². The van der Waals surface area contributed by atoms with Crippen LogP contribution in [0.1, 0.15) is 11.1 Å². The van der Waals surface area contributed by atoms with Gasteiger partial charge in [0.15, 0.2) is 0 Å². The van der Waals surface area contributed by atoms with Gasteiger partial charge >= 0.3 is 6.18 Å². The van der Waals surface area contributed by atoms with E-state index in [-0.39, 0.29) is 22.5 Å². The average molecular weight is 409 g/mol. The normalized spacial score (nSPS) is 12.0. The van der Waals surface area contributed by atoms with Gasteiger partial charge in [-0.2, -0.15) is 13.2 Å². The highest BCUT2D eigenvalue weighted by molar-refractivity contribution is 6.02. The molecule has 2 aromatic heterocycles. The Hall–Kier alpha value is -3.94. The first kappa shape index (κ1) is 19.4. The molecule has 1 N–H and O–H groups in total. The average Bonchev–Trinajstić information content (AvgIpc) is 2.74. The van der Waals surface area contributed by atoms with Crippen LogP contribution >= 0.6 is 0 Å². The molecule has 0 radical (unpaired) electrons. The van der Waals surface area contributed by atoms with Crippen LogP contribution < -0.4 is 5.56 Å². The largest absolute Gasteiger partial charge is 0.494 e. The molecule has 150 valence electrons. The van der Waals surface area contributed by atoms with Crippen molar-refractivity contribution < 1.29 is 18.3 Å². The molecule has 0 aliphatic rings. The maximum atomic E-state index is 13.3. The summed E-state index contributed by atoms with van der Waals surface area (Å²) in [6.45, 7) is 0. The van der Waals surface area contributed by atoms with Crippen molar-refractivity contribution in [1.82, 2.24) is 9.55 Å². The molecule has 2 aromatic carbocycles. The third kappa shape index (κ3) is 3.43. The Morgan fingerprint density at radius 3 is 2.30 bits per heavy atom. The summed E-state index contributed by atoms with van der Waals surface area (Å²) in [7, 11) is 0. The van der Waals surface area contributed by atoms with Gasteiger partial charge in [-0.15, -0.1) is 0 Å². The molecule has 4 aromatic rings. The van der Waals surface area contributed by atoms with E-state index in [1.807, 2.05) is 0 Å². The van der Waals surface area contributed by atoms with Crippen molar-refractivity contribution in [1.29, 1.82) is 0 Å². The Morgan fingerprint density at radius 1 is 0.933 bits per heavy atom. The van der Waals surface area contributed by atoms with E-state index >= 15 is 0 Å². The number of rotatable bonds is 3. The van der Waals surface area contributed by atoms with Crippen molar-refractivity contribution in [3.8, 4) is 11.7 Å². The van der Waals surface area contributed by atoms with Gasteiger partial charge in [0.25, 0.3) is 5.56 Å². The van der Waals surface area contributed by atoms with Crippen LogP contribution in [0.15, 0.2) is 82.7 Å². The lowest BCUT2D eigenvalue weighted by atomic mass is 10.1. The minimum atomic E-state index is -4.58. The fourth-order valence-corrected chi connectivity index (χ4v) is 3.15. The van der Waals surface area contributed by atoms with Gasteiger partial charge in [0.05, 0.1) is 16.8 Å². The maximum Gasteiger partial charge on any atom is 0.418 e. The number of pyridine rings is 2. The number of alkyl halides is 3. The maximum absolute atomic E-state index is 13.3. The molecule has 0 bridgehead atoms. The molecular formula is C22H14F3N3O2. The highest BCUT2D eigenvalue weighted by atomic mass is 19.4. The Labute approximate surface area is 168 Å². The summed E-state index contributed by atoms with van der Waals surface area (Å²) in [4.78, 5) is 21.0. The molecule has 0 spiro atoms. The summed E-state index contributed by atoms with van der Waals surface area (Å²) in [6, 6.07) is 16.2. The summed E-state index contributed by atoms with van der Waals surface area (Å²) in [5, 5.41) is 11.5. The topological polar surface area (TPSA) is 67.5 Å². The van der Waals surface area contributed by atoms with Crippen LogP contribution in [0.4, 0.5) is 18.9 Å². The van der Waals surface area contributed by atoms with Gasteiger partial charge in [-0.1, -0.05) is 36.4 Å². The zero-order valence-corrected chi connectivity index (χ0v) is 15.3. The molecule has 0 saturated heterocycles. The van der Waals surface area contributed by atoms with E-state index in [2.05, 4.69) is 9.98 Å². The second kappa shape index (κ2) is 7.47. The van der Waals surface area contributed by atoms with Gasteiger partial charge in [0.2, 0.25) is 5.88 Å². The minimum absolute atomic E-state index is 0.104. The van der Waals surface area contributed by atoms with Crippen LogP contribution in [0.25, 0.3) is 16.6 Å². The third-order valence-electron chi connectivity index (χ3n) is 4.52. The molecule has 0 unspecified atom stereocenters. The van der Waals surface area contributed by atoms with Crippen molar-refractivity contribution in [2.24, 2.45) is 4.99 Å². The van der Waals surface area contributed by atoms with E-state index in [4.69, 9.17) is 0 Å². The predicted octanol–water partition coefficient (Wildman–Crippen LogP) is 4.86. The lowest BCUT2D eigenvalue weighted by Gasteiger charge is -2.13. The van der Waals surface area contributed by atoms with E-state index in [1.54, 1.807) is 36.4 Å². The minimum Gasteiger partial charge on any atom is -0.494 e. The van der Waals surface area contributed by atoms with Gasteiger partial charge in [-0.25, -0.2) is 9.55 Å². The van der Waals surface area contributed by atoms with Gasteiger partial charge in [0, 0.05) is 23.2 Å². The number of nitrogens with zero attached hydrogens (tertiary/aromatic N) is 3. The fourth-order valence-electron chi connectivity index (χ4n) is 3.15. The van der Waals surface area contributed by atoms with Crippen molar-refractivity contribution in [3.63, 3.8) is 0 Å². The standard InChI is InChI=1S/C22H14F3N3O2/c23-22(24,25)17-9-3-4-10-18(17)27-13-16-14-7-1-2-8-15(14)20(29)28(21(16)30)19-11-5-6-12-26-19/h1-13,30H. The van der Waals surface area contributed by atoms with Crippen LogP contribution in [0.2, 0.25) is 0 Å². The number of aromatic nitrogens is 2. The van der Waals surface area contributed by atoms with E-state index in [0.29, 0.717) is 5.39 Å². The van der Waals surface area contributed by atoms with E-state index in [1.165, 1.54) is 30.5 Å². The molecule has 0 amide bonds. The second-order valence-corrected chi connectivity index (χ2v) is 6.38. The number of halogens is 3. The van der Waals surface area contributed by atoms with Gasteiger partial charge in [-0.3, -0.25) is 9.79 Å². The Kier molecular flexibility index (Phi) is 4.83. The molecule has 30 heavy (non-hydrogen) atoms. The SMILES string of the molecule is O=c1c2ccccc2c(C=Nc2ccccc2C(F)(F)F)c(O)n1-c1ccccn1. The molecule has 2 heterocycles. The van der Waals surface area contributed by atoms with Crippen molar-refractivity contribution in [2.45, 2.75) is 6.18 Å². The van der Waals surface area contributed by atoms with Crippen LogP contribution in [-0.4, -0.2) is 20.9 Å². The molecule has 4 rings (SSSR count).